The van der Waals surface area contributed by atoms with Crippen molar-refractivity contribution in [2.24, 2.45) is 0 Å². The fourth-order valence-corrected chi connectivity index (χ4v) is 3.69. The number of benzene rings is 1. The number of aliphatic carboxylic acids is 1. The van der Waals surface area contributed by atoms with Crippen LogP contribution in [-0.4, -0.2) is 25.0 Å². The topological polar surface area (TPSA) is 83.5 Å². The lowest BCUT2D eigenvalue weighted by Gasteiger charge is -2.24. The minimum absolute atomic E-state index is 0.138. The summed E-state index contributed by atoms with van der Waals surface area (Å²) < 4.78 is 39.3. The number of hydrogen-bond acceptors (Lipinski definition) is 3. The highest BCUT2D eigenvalue weighted by Crippen LogP contribution is 2.31. The number of sulfonamides is 1. The van der Waals surface area contributed by atoms with Crippen molar-refractivity contribution in [1.82, 2.24) is 4.72 Å². The Morgan fingerprint density at radius 2 is 1.74 bits per heavy atom. The molecular formula is C12H14FNO4S. The third-order valence-electron chi connectivity index (χ3n) is 3.32. The molecule has 0 amide bonds. The summed E-state index contributed by atoms with van der Waals surface area (Å²) in [6.45, 7) is 0. The molecule has 104 valence electrons. The second-order valence-electron chi connectivity index (χ2n) is 4.65. The van der Waals surface area contributed by atoms with E-state index in [1.54, 1.807) is 0 Å². The maximum Gasteiger partial charge on any atom is 0.324 e. The van der Waals surface area contributed by atoms with Crippen LogP contribution in [0.15, 0.2) is 29.2 Å². The molecule has 2 rings (SSSR count). The van der Waals surface area contributed by atoms with Gasteiger partial charge in [0.1, 0.15) is 11.4 Å². The van der Waals surface area contributed by atoms with Crippen molar-refractivity contribution in [2.75, 3.05) is 0 Å². The molecule has 0 radical (unpaired) electrons. The first kappa shape index (κ1) is 14.0. The average Bonchev–Trinajstić information content (AvgIpc) is 2.78. The van der Waals surface area contributed by atoms with Gasteiger partial charge in [0, 0.05) is 0 Å². The molecule has 0 heterocycles. The third-order valence-corrected chi connectivity index (χ3v) is 4.87. The zero-order chi connectivity index (χ0) is 14.1. The maximum atomic E-state index is 12.8. The molecule has 0 atom stereocenters. The van der Waals surface area contributed by atoms with E-state index in [9.17, 15) is 22.7 Å². The Hall–Kier alpha value is -1.47. The third kappa shape index (κ3) is 2.76. The minimum Gasteiger partial charge on any atom is -0.480 e. The van der Waals surface area contributed by atoms with Crippen molar-refractivity contribution in [1.29, 1.82) is 0 Å². The van der Waals surface area contributed by atoms with Gasteiger partial charge in [-0.3, -0.25) is 4.79 Å². The highest BCUT2D eigenvalue weighted by atomic mass is 32.2. The first-order chi connectivity index (χ1) is 8.86. The Balaban J connectivity index is 2.30. The number of hydrogen-bond donors (Lipinski definition) is 2. The number of carboxylic acids is 1. The molecule has 0 aliphatic heterocycles. The SMILES string of the molecule is O=C(O)C1(NS(=O)(=O)c2ccc(F)cc2)CCCC1. The van der Waals surface area contributed by atoms with Gasteiger partial charge in [0.2, 0.25) is 10.0 Å². The molecule has 0 bridgehead atoms. The lowest BCUT2D eigenvalue weighted by Crippen LogP contribution is -2.52. The smallest absolute Gasteiger partial charge is 0.324 e. The number of nitrogens with one attached hydrogen (secondary N) is 1. The maximum absolute atomic E-state index is 12.8. The lowest BCUT2D eigenvalue weighted by molar-refractivity contribution is -0.143. The van der Waals surface area contributed by atoms with Gasteiger partial charge in [0.05, 0.1) is 4.90 Å². The molecule has 0 spiro atoms. The Morgan fingerprint density at radius 1 is 1.21 bits per heavy atom. The summed E-state index contributed by atoms with van der Waals surface area (Å²) in [7, 11) is -3.96. The van der Waals surface area contributed by atoms with E-state index >= 15 is 0 Å². The largest absolute Gasteiger partial charge is 0.480 e. The van der Waals surface area contributed by atoms with Crippen LogP contribution in [-0.2, 0) is 14.8 Å². The highest BCUT2D eigenvalue weighted by molar-refractivity contribution is 7.89. The molecule has 5 nitrogen and oxygen atoms in total. The molecule has 1 aliphatic carbocycles. The van der Waals surface area contributed by atoms with Gasteiger partial charge >= 0.3 is 5.97 Å². The van der Waals surface area contributed by atoms with Crippen LogP contribution in [0, 0.1) is 5.82 Å². The summed E-state index contributed by atoms with van der Waals surface area (Å²) in [6, 6.07) is 4.28. The first-order valence-electron chi connectivity index (χ1n) is 5.89. The van der Waals surface area contributed by atoms with E-state index < -0.39 is 27.3 Å². The Kier molecular flexibility index (Phi) is 3.60. The standard InChI is InChI=1S/C12H14FNO4S/c13-9-3-5-10(6-4-9)19(17,18)14-12(11(15)16)7-1-2-8-12/h3-6,14H,1-2,7-8H2,(H,15,16). The van der Waals surface area contributed by atoms with Crippen LogP contribution in [0.1, 0.15) is 25.7 Å². The van der Waals surface area contributed by atoms with E-state index in [2.05, 4.69) is 4.72 Å². The fraction of sp³-hybridized carbons (Fsp3) is 0.417. The normalized spacial score (nSPS) is 18.4. The van der Waals surface area contributed by atoms with E-state index in [1.807, 2.05) is 0 Å². The van der Waals surface area contributed by atoms with Crippen molar-refractivity contribution in [2.45, 2.75) is 36.1 Å². The zero-order valence-corrected chi connectivity index (χ0v) is 10.9. The van der Waals surface area contributed by atoms with E-state index in [0.29, 0.717) is 12.8 Å². The Labute approximate surface area is 110 Å². The molecule has 1 fully saturated rings. The van der Waals surface area contributed by atoms with E-state index in [4.69, 9.17) is 0 Å². The van der Waals surface area contributed by atoms with E-state index in [1.165, 1.54) is 0 Å². The van der Waals surface area contributed by atoms with Crippen LogP contribution in [0.25, 0.3) is 0 Å². The van der Waals surface area contributed by atoms with Crippen molar-refractivity contribution in [3.05, 3.63) is 30.1 Å². The van der Waals surface area contributed by atoms with Gasteiger partial charge in [-0.05, 0) is 37.1 Å². The first-order valence-corrected chi connectivity index (χ1v) is 7.37. The predicted octanol–water partition coefficient (Wildman–Crippen LogP) is 1.50. The van der Waals surface area contributed by atoms with Gasteiger partial charge in [0.15, 0.2) is 0 Å². The zero-order valence-electron chi connectivity index (χ0n) is 10.1. The lowest BCUT2D eigenvalue weighted by atomic mass is 10.0. The van der Waals surface area contributed by atoms with E-state index in [0.717, 1.165) is 24.3 Å². The Bertz CT molecular complexity index is 576. The monoisotopic (exact) mass is 287 g/mol. The van der Waals surface area contributed by atoms with Gasteiger partial charge in [-0.2, -0.15) is 4.72 Å². The van der Waals surface area contributed by atoms with Crippen molar-refractivity contribution < 1.29 is 22.7 Å². The van der Waals surface area contributed by atoms with Crippen molar-refractivity contribution >= 4 is 16.0 Å². The molecule has 0 aromatic heterocycles. The summed E-state index contributed by atoms with van der Waals surface area (Å²) in [6.07, 6.45) is 1.86. The van der Waals surface area contributed by atoms with Crippen LogP contribution in [0.2, 0.25) is 0 Å². The molecule has 19 heavy (non-hydrogen) atoms. The van der Waals surface area contributed by atoms with Gasteiger partial charge < -0.3 is 5.11 Å². The molecule has 1 aliphatic rings. The van der Waals surface area contributed by atoms with E-state index in [-0.39, 0.29) is 17.7 Å². The van der Waals surface area contributed by atoms with Gasteiger partial charge in [-0.25, -0.2) is 12.8 Å². The average molecular weight is 287 g/mol. The minimum atomic E-state index is -3.96. The van der Waals surface area contributed by atoms with Crippen LogP contribution in [0.4, 0.5) is 4.39 Å². The molecule has 2 N–H and O–H groups in total. The predicted molar refractivity (Wildman–Crippen MR) is 65.6 cm³/mol. The molecule has 1 saturated carbocycles. The van der Waals surface area contributed by atoms with Gasteiger partial charge in [-0.1, -0.05) is 12.8 Å². The highest BCUT2D eigenvalue weighted by Gasteiger charge is 2.44. The van der Waals surface area contributed by atoms with Crippen LogP contribution in [0.3, 0.4) is 0 Å². The summed E-state index contributed by atoms with van der Waals surface area (Å²) in [5, 5.41) is 9.23. The quantitative estimate of drug-likeness (QED) is 0.879. The van der Waals surface area contributed by atoms with Crippen molar-refractivity contribution in [3.63, 3.8) is 0 Å². The van der Waals surface area contributed by atoms with Crippen LogP contribution in [0.5, 0.6) is 0 Å². The second kappa shape index (κ2) is 4.90. The summed E-state index contributed by atoms with van der Waals surface area (Å²) in [4.78, 5) is 11.2. The molecular weight excluding hydrogens is 273 g/mol. The Morgan fingerprint density at radius 3 is 2.21 bits per heavy atom. The summed E-state index contributed by atoms with van der Waals surface area (Å²) >= 11 is 0. The van der Waals surface area contributed by atoms with Crippen LogP contribution < -0.4 is 4.72 Å². The fourth-order valence-electron chi connectivity index (χ4n) is 2.27. The summed E-state index contributed by atoms with van der Waals surface area (Å²) in [5.41, 5.74) is -1.44. The number of carbonyl (C=O) groups is 1. The second-order valence-corrected chi connectivity index (χ2v) is 6.34. The van der Waals surface area contributed by atoms with Gasteiger partial charge in [0.25, 0.3) is 0 Å². The number of rotatable bonds is 4. The summed E-state index contributed by atoms with van der Waals surface area (Å²) in [5.74, 6) is -1.72. The molecule has 1 aromatic carbocycles. The van der Waals surface area contributed by atoms with Crippen molar-refractivity contribution in [3.8, 4) is 0 Å². The molecule has 0 saturated heterocycles. The molecule has 7 heteroatoms. The number of carboxylic acid groups (broad SMARTS) is 1. The molecule has 0 unspecified atom stereocenters. The van der Waals surface area contributed by atoms with Crippen LogP contribution >= 0.6 is 0 Å². The van der Waals surface area contributed by atoms with Gasteiger partial charge in [-0.15, -0.1) is 0 Å². The number of halogens is 1. The molecule has 1 aromatic rings.